The van der Waals surface area contributed by atoms with Crippen LogP contribution in [0.25, 0.3) is 5.57 Å². The van der Waals surface area contributed by atoms with Crippen LogP contribution in [-0.2, 0) is 10.8 Å². The Morgan fingerprint density at radius 2 is 1.73 bits per heavy atom. The number of methoxy groups -OCH3 is 1. The van der Waals surface area contributed by atoms with Gasteiger partial charge in [-0.2, -0.15) is 0 Å². The van der Waals surface area contributed by atoms with Gasteiger partial charge in [-0.05, 0) is 58.1 Å². The summed E-state index contributed by atoms with van der Waals surface area (Å²) < 4.78 is 5.97. The van der Waals surface area contributed by atoms with E-state index in [1.54, 1.807) is 7.11 Å². The van der Waals surface area contributed by atoms with Crippen molar-refractivity contribution in [1.29, 1.82) is 0 Å². The Kier molecular flexibility index (Phi) is 4.77. The second-order valence-corrected chi connectivity index (χ2v) is 9.30. The van der Waals surface area contributed by atoms with Gasteiger partial charge in [0, 0.05) is 11.1 Å². The Labute approximate surface area is 159 Å². The van der Waals surface area contributed by atoms with E-state index < -0.39 is 0 Å². The molecule has 0 aliphatic heterocycles. The lowest BCUT2D eigenvalue weighted by molar-refractivity contribution is 0.395. The zero-order chi connectivity index (χ0) is 19.1. The fourth-order valence-corrected chi connectivity index (χ4v) is 3.66. The molecule has 1 nitrogen and oxygen atoms in total. The highest BCUT2D eigenvalue weighted by Crippen LogP contribution is 2.45. The molecule has 1 aromatic rings. The van der Waals surface area contributed by atoms with Crippen molar-refractivity contribution < 1.29 is 4.74 Å². The Balaban J connectivity index is 2.21. The molecule has 26 heavy (non-hydrogen) atoms. The molecular formula is C25H31O. The van der Waals surface area contributed by atoms with E-state index in [0.29, 0.717) is 0 Å². The molecule has 0 unspecified atom stereocenters. The first kappa shape index (κ1) is 18.8. The SMILES string of the molecule is COc1c(C2=[C]CC=C2C2=CC=CC2)cc(C(C)(C)C)cc1C(C)(C)C. The third kappa shape index (κ3) is 3.45. The van der Waals surface area contributed by atoms with E-state index >= 15 is 0 Å². The Bertz CT molecular complexity index is 830. The summed E-state index contributed by atoms with van der Waals surface area (Å²) in [7, 11) is 1.79. The van der Waals surface area contributed by atoms with Gasteiger partial charge in [-0.1, -0.05) is 71.9 Å². The zero-order valence-electron chi connectivity index (χ0n) is 17.3. The molecule has 1 aromatic carbocycles. The van der Waals surface area contributed by atoms with Crippen molar-refractivity contribution in [2.24, 2.45) is 0 Å². The summed E-state index contributed by atoms with van der Waals surface area (Å²) in [5.74, 6) is 0.993. The van der Waals surface area contributed by atoms with E-state index in [9.17, 15) is 0 Å². The molecule has 1 heteroatoms. The molecule has 3 rings (SSSR count). The third-order valence-corrected chi connectivity index (χ3v) is 5.21. The van der Waals surface area contributed by atoms with Gasteiger partial charge in [0.05, 0.1) is 7.11 Å². The minimum absolute atomic E-state index is 0.0125. The quantitative estimate of drug-likeness (QED) is 0.591. The maximum atomic E-state index is 5.97. The number of rotatable bonds is 3. The van der Waals surface area contributed by atoms with Crippen LogP contribution in [0.5, 0.6) is 5.75 Å². The molecule has 0 heterocycles. The Hall–Kier alpha value is -2.02. The Morgan fingerprint density at radius 3 is 2.27 bits per heavy atom. The number of hydrogen-bond donors (Lipinski definition) is 0. The summed E-state index contributed by atoms with van der Waals surface area (Å²) in [5.41, 5.74) is 7.79. The number of allylic oxidation sites excluding steroid dienone is 8. The predicted octanol–water partition coefficient (Wildman–Crippen LogP) is 6.69. The van der Waals surface area contributed by atoms with E-state index in [4.69, 9.17) is 4.74 Å². The van der Waals surface area contributed by atoms with Crippen LogP contribution in [0.15, 0.2) is 47.6 Å². The molecule has 0 saturated carbocycles. The summed E-state index contributed by atoms with van der Waals surface area (Å²) >= 11 is 0. The summed E-state index contributed by atoms with van der Waals surface area (Å²) in [6.45, 7) is 13.6. The molecule has 137 valence electrons. The van der Waals surface area contributed by atoms with Crippen molar-refractivity contribution in [3.8, 4) is 5.75 Å². The second-order valence-electron chi connectivity index (χ2n) is 9.30. The molecule has 1 radical (unpaired) electrons. The molecular weight excluding hydrogens is 316 g/mol. The normalized spacial score (nSPS) is 17.3. The maximum absolute atomic E-state index is 5.97. The highest BCUT2D eigenvalue weighted by atomic mass is 16.5. The van der Waals surface area contributed by atoms with Gasteiger partial charge in [0.15, 0.2) is 0 Å². The highest BCUT2D eigenvalue weighted by molar-refractivity contribution is 5.88. The second kappa shape index (κ2) is 6.61. The zero-order valence-corrected chi connectivity index (χ0v) is 17.3. The van der Waals surface area contributed by atoms with E-state index in [1.165, 1.54) is 33.4 Å². The van der Waals surface area contributed by atoms with E-state index in [1.807, 2.05) is 0 Å². The lowest BCUT2D eigenvalue weighted by Gasteiger charge is -2.29. The van der Waals surface area contributed by atoms with Crippen molar-refractivity contribution in [3.63, 3.8) is 0 Å². The average Bonchev–Trinajstić information content (AvgIpc) is 3.22. The maximum Gasteiger partial charge on any atom is 0.130 e. The van der Waals surface area contributed by atoms with Crippen molar-refractivity contribution >= 4 is 5.57 Å². The standard InChI is InChI=1S/C25H31O/c1-24(2,3)18-15-21(23(26-7)22(16-18)25(4,5)6)20-14-10-13-19(20)17-11-8-9-12-17/h8-9,11,13,15-16H,10,12H2,1-7H3. The fourth-order valence-electron chi connectivity index (χ4n) is 3.66. The Morgan fingerprint density at radius 1 is 1.00 bits per heavy atom. The lowest BCUT2D eigenvalue weighted by Crippen LogP contribution is -2.18. The fraction of sp³-hybridized carbons (Fsp3) is 0.440. The van der Waals surface area contributed by atoms with Gasteiger partial charge in [0.2, 0.25) is 0 Å². The molecule has 0 atom stereocenters. The lowest BCUT2D eigenvalue weighted by atomic mass is 9.77. The summed E-state index contributed by atoms with van der Waals surface area (Å²) in [5, 5.41) is 0. The van der Waals surface area contributed by atoms with Crippen molar-refractivity contribution in [2.75, 3.05) is 7.11 Å². The van der Waals surface area contributed by atoms with Crippen LogP contribution in [0.3, 0.4) is 0 Å². The average molecular weight is 348 g/mol. The molecule has 2 aliphatic carbocycles. The largest absolute Gasteiger partial charge is 0.496 e. The molecule has 0 aromatic heterocycles. The van der Waals surface area contributed by atoms with Gasteiger partial charge in [-0.15, -0.1) is 0 Å². The van der Waals surface area contributed by atoms with Crippen molar-refractivity contribution in [1.82, 2.24) is 0 Å². The van der Waals surface area contributed by atoms with Crippen LogP contribution >= 0.6 is 0 Å². The first-order valence-corrected chi connectivity index (χ1v) is 9.53. The van der Waals surface area contributed by atoms with Gasteiger partial charge in [-0.25, -0.2) is 0 Å². The summed E-state index contributed by atoms with van der Waals surface area (Å²) in [6.07, 6.45) is 14.4. The van der Waals surface area contributed by atoms with Gasteiger partial charge in [0.1, 0.15) is 5.75 Å². The number of hydrogen-bond acceptors (Lipinski definition) is 1. The number of ether oxygens (including phenoxy) is 1. The van der Waals surface area contributed by atoms with E-state index in [0.717, 1.165) is 18.6 Å². The predicted molar refractivity (Wildman–Crippen MR) is 112 cm³/mol. The van der Waals surface area contributed by atoms with Crippen LogP contribution in [0, 0.1) is 6.08 Å². The molecule has 0 spiro atoms. The van der Waals surface area contributed by atoms with Gasteiger partial charge < -0.3 is 4.74 Å². The molecule has 0 fully saturated rings. The van der Waals surface area contributed by atoms with E-state index in [2.05, 4.69) is 84.1 Å². The smallest absolute Gasteiger partial charge is 0.130 e. The third-order valence-electron chi connectivity index (χ3n) is 5.21. The van der Waals surface area contributed by atoms with Gasteiger partial charge in [0.25, 0.3) is 0 Å². The van der Waals surface area contributed by atoms with Crippen LogP contribution in [0.2, 0.25) is 0 Å². The topological polar surface area (TPSA) is 9.23 Å². The first-order chi connectivity index (χ1) is 12.1. The monoisotopic (exact) mass is 347 g/mol. The van der Waals surface area contributed by atoms with Crippen LogP contribution < -0.4 is 4.74 Å². The van der Waals surface area contributed by atoms with Crippen LogP contribution in [-0.4, -0.2) is 7.11 Å². The van der Waals surface area contributed by atoms with Crippen LogP contribution in [0.1, 0.15) is 71.1 Å². The summed E-state index contributed by atoms with van der Waals surface area (Å²) in [4.78, 5) is 0. The molecule has 2 aliphatic rings. The highest BCUT2D eigenvalue weighted by Gasteiger charge is 2.29. The number of benzene rings is 1. The minimum atomic E-state index is 0.0125. The van der Waals surface area contributed by atoms with Crippen LogP contribution in [0.4, 0.5) is 0 Å². The molecule has 0 bridgehead atoms. The summed E-state index contributed by atoms with van der Waals surface area (Å²) in [6, 6.07) is 4.65. The van der Waals surface area contributed by atoms with Crippen molar-refractivity contribution in [2.45, 2.75) is 65.2 Å². The molecule has 0 N–H and O–H groups in total. The molecule has 0 saturated heterocycles. The van der Waals surface area contributed by atoms with Gasteiger partial charge in [-0.3, -0.25) is 0 Å². The van der Waals surface area contributed by atoms with E-state index in [-0.39, 0.29) is 10.8 Å². The molecule has 0 amide bonds. The van der Waals surface area contributed by atoms with Crippen molar-refractivity contribution in [3.05, 3.63) is 70.3 Å². The first-order valence-electron chi connectivity index (χ1n) is 9.53. The minimum Gasteiger partial charge on any atom is -0.496 e. The van der Waals surface area contributed by atoms with Gasteiger partial charge >= 0.3 is 0 Å².